The molecule has 0 aliphatic rings. The first kappa shape index (κ1) is 9.74. The molecule has 1 aromatic carbocycles. The van der Waals surface area contributed by atoms with E-state index in [9.17, 15) is 4.39 Å². The second kappa shape index (κ2) is 3.75. The fraction of sp³-hybridized carbons (Fsp3) is 0.200. The van der Waals surface area contributed by atoms with Crippen molar-refractivity contribution in [1.82, 2.24) is 0 Å². The van der Waals surface area contributed by atoms with Crippen LogP contribution in [0.3, 0.4) is 0 Å². The minimum absolute atomic E-state index is 0.296. The molecule has 0 atom stereocenters. The molecule has 0 fully saturated rings. The van der Waals surface area contributed by atoms with Crippen molar-refractivity contribution in [3.8, 4) is 5.75 Å². The van der Waals surface area contributed by atoms with Crippen LogP contribution in [-0.2, 0) is 0 Å². The van der Waals surface area contributed by atoms with Gasteiger partial charge in [0.1, 0.15) is 11.6 Å². The molecule has 1 heterocycles. The summed E-state index contributed by atoms with van der Waals surface area (Å²) in [6, 6.07) is 4.59. The van der Waals surface area contributed by atoms with E-state index >= 15 is 0 Å². The molecule has 2 aromatic rings. The zero-order valence-corrected chi connectivity index (χ0v) is 9.08. The minimum atomic E-state index is -0.296. The number of halogens is 2. The average molecular weight is 231 g/mol. The van der Waals surface area contributed by atoms with Gasteiger partial charge in [-0.05, 0) is 19.1 Å². The Morgan fingerprint density at radius 2 is 2.21 bits per heavy atom. The molecule has 1 nitrogen and oxygen atoms in total. The fourth-order valence-electron chi connectivity index (χ4n) is 1.32. The summed E-state index contributed by atoms with van der Waals surface area (Å²) in [6.07, 6.45) is 0. The molecule has 0 spiro atoms. The Kier molecular flexibility index (Phi) is 2.61. The van der Waals surface area contributed by atoms with Crippen molar-refractivity contribution >= 4 is 33.0 Å². The normalized spacial score (nSPS) is 10.8. The molecule has 0 radical (unpaired) electrons. The topological polar surface area (TPSA) is 9.23 Å². The molecule has 0 bridgehead atoms. The lowest BCUT2D eigenvalue weighted by Crippen LogP contribution is -1.91. The highest BCUT2D eigenvalue weighted by molar-refractivity contribution is 7.23. The zero-order chi connectivity index (χ0) is 10.1. The van der Waals surface area contributed by atoms with Gasteiger partial charge in [-0.3, -0.25) is 0 Å². The SMILES string of the molecule is CCOc1cc(F)cc2cc(Cl)sc12. The van der Waals surface area contributed by atoms with Crippen molar-refractivity contribution in [2.45, 2.75) is 6.92 Å². The van der Waals surface area contributed by atoms with Crippen molar-refractivity contribution in [1.29, 1.82) is 0 Å². The van der Waals surface area contributed by atoms with Gasteiger partial charge in [-0.15, -0.1) is 11.3 Å². The first-order valence-corrected chi connectivity index (χ1v) is 5.41. The maximum atomic E-state index is 13.1. The van der Waals surface area contributed by atoms with Gasteiger partial charge in [0.05, 0.1) is 15.6 Å². The third-order valence-corrected chi connectivity index (χ3v) is 3.11. The quantitative estimate of drug-likeness (QED) is 0.755. The van der Waals surface area contributed by atoms with Crippen molar-refractivity contribution in [2.75, 3.05) is 6.61 Å². The average Bonchev–Trinajstić information content (AvgIpc) is 2.45. The van der Waals surface area contributed by atoms with Crippen LogP contribution in [0.25, 0.3) is 10.1 Å². The van der Waals surface area contributed by atoms with Crippen LogP contribution in [0.2, 0.25) is 4.34 Å². The molecule has 2 rings (SSSR count). The van der Waals surface area contributed by atoms with Crippen molar-refractivity contribution in [2.24, 2.45) is 0 Å². The summed E-state index contributed by atoms with van der Waals surface area (Å²) < 4.78 is 20.0. The van der Waals surface area contributed by atoms with Gasteiger partial charge in [0.2, 0.25) is 0 Å². The standard InChI is InChI=1S/C10H8ClFOS/c1-2-13-8-5-7(12)3-6-4-9(11)14-10(6)8/h3-5H,2H2,1H3. The largest absolute Gasteiger partial charge is 0.492 e. The molecule has 0 saturated heterocycles. The lowest BCUT2D eigenvalue weighted by Gasteiger charge is -2.03. The summed E-state index contributed by atoms with van der Waals surface area (Å²) in [6.45, 7) is 2.39. The Hall–Kier alpha value is -0.800. The van der Waals surface area contributed by atoms with Gasteiger partial charge in [-0.2, -0.15) is 0 Å². The number of hydrogen-bond acceptors (Lipinski definition) is 2. The van der Waals surface area contributed by atoms with Crippen LogP contribution < -0.4 is 4.74 Å². The molecule has 0 saturated carbocycles. The van der Waals surface area contributed by atoms with Gasteiger partial charge >= 0.3 is 0 Å². The molecule has 0 unspecified atom stereocenters. The summed E-state index contributed by atoms with van der Waals surface area (Å²) in [4.78, 5) is 0. The van der Waals surface area contributed by atoms with E-state index in [1.54, 1.807) is 6.07 Å². The van der Waals surface area contributed by atoms with E-state index in [2.05, 4.69) is 0 Å². The fourth-order valence-corrected chi connectivity index (χ4v) is 2.50. The molecular formula is C10H8ClFOS. The molecule has 0 N–H and O–H groups in total. The van der Waals surface area contributed by atoms with Crippen LogP contribution in [0.1, 0.15) is 6.92 Å². The van der Waals surface area contributed by atoms with Gasteiger partial charge in [0.15, 0.2) is 0 Å². The maximum absolute atomic E-state index is 13.1. The lowest BCUT2D eigenvalue weighted by molar-refractivity contribution is 0.343. The van der Waals surface area contributed by atoms with Crippen LogP contribution in [0, 0.1) is 5.82 Å². The molecule has 0 amide bonds. The van der Waals surface area contributed by atoms with Gasteiger partial charge in [0.25, 0.3) is 0 Å². The van der Waals surface area contributed by atoms with E-state index in [-0.39, 0.29) is 5.82 Å². The molecule has 14 heavy (non-hydrogen) atoms. The summed E-state index contributed by atoms with van der Waals surface area (Å²) in [7, 11) is 0. The highest BCUT2D eigenvalue weighted by atomic mass is 35.5. The van der Waals surface area contributed by atoms with E-state index in [0.29, 0.717) is 16.7 Å². The Bertz CT molecular complexity index is 466. The van der Waals surface area contributed by atoms with Gasteiger partial charge < -0.3 is 4.74 Å². The van der Waals surface area contributed by atoms with E-state index in [0.717, 1.165) is 10.1 Å². The second-order valence-electron chi connectivity index (χ2n) is 2.81. The predicted octanol–water partition coefficient (Wildman–Crippen LogP) is 4.09. The summed E-state index contributed by atoms with van der Waals surface area (Å²) in [5.74, 6) is 0.273. The van der Waals surface area contributed by atoms with E-state index in [4.69, 9.17) is 16.3 Å². The van der Waals surface area contributed by atoms with Crippen LogP contribution >= 0.6 is 22.9 Å². The van der Waals surface area contributed by atoms with E-state index in [1.807, 2.05) is 6.92 Å². The van der Waals surface area contributed by atoms with Crippen LogP contribution in [0.4, 0.5) is 4.39 Å². The number of fused-ring (bicyclic) bond motifs is 1. The first-order chi connectivity index (χ1) is 6.70. The van der Waals surface area contributed by atoms with Crippen LogP contribution in [0.5, 0.6) is 5.75 Å². The first-order valence-electron chi connectivity index (χ1n) is 4.22. The number of ether oxygens (including phenoxy) is 1. The molecular weight excluding hydrogens is 223 g/mol. The maximum Gasteiger partial charge on any atom is 0.140 e. The van der Waals surface area contributed by atoms with Gasteiger partial charge in [-0.1, -0.05) is 11.6 Å². The molecule has 74 valence electrons. The number of hydrogen-bond donors (Lipinski definition) is 0. The second-order valence-corrected chi connectivity index (χ2v) is 4.49. The lowest BCUT2D eigenvalue weighted by atomic mass is 10.2. The van der Waals surface area contributed by atoms with Crippen molar-refractivity contribution < 1.29 is 9.13 Å². The third kappa shape index (κ3) is 1.70. The molecule has 1 aromatic heterocycles. The smallest absolute Gasteiger partial charge is 0.140 e. The predicted molar refractivity (Wildman–Crippen MR) is 58.0 cm³/mol. The van der Waals surface area contributed by atoms with E-state index < -0.39 is 0 Å². The zero-order valence-electron chi connectivity index (χ0n) is 7.51. The molecule has 4 heteroatoms. The van der Waals surface area contributed by atoms with Crippen molar-refractivity contribution in [3.63, 3.8) is 0 Å². The minimum Gasteiger partial charge on any atom is -0.492 e. The highest BCUT2D eigenvalue weighted by Gasteiger charge is 2.08. The van der Waals surface area contributed by atoms with Gasteiger partial charge in [0, 0.05) is 11.5 Å². The van der Waals surface area contributed by atoms with Crippen LogP contribution in [-0.4, -0.2) is 6.61 Å². The summed E-state index contributed by atoms with van der Waals surface area (Å²) in [5, 5.41) is 0.795. The van der Waals surface area contributed by atoms with E-state index in [1.165, 1.54) is 23.5 Å². The molecule has 0 aliphatic carbocycles. The number of benzene rings is 1. The van der Waals surface area contributed by atoms with Gasteiger partial charge in [-0.25, -0.2) is 4.39 Å². The Morgan fingerprint density at radius 3 is 2.93 bits per heavy atom. The monoisotopic (exact) mass is 230 g/mol. The Labute approximate surface area is 90.1 Å². The third-order valence-electron chi connectivity index (χ3n) is 1.82. The number of rotatable bonds is 2. The van der Waals surface area contributed by atoms with Crippen LogP contribution in [0.15, 0.2) is 18.2 Å². The van der Waals surface area contributed by atoms with Crippen molar-refractivity contribution in [3.05, 3.63) is 28.4 Å². The highest BCUT2D eigenvalue weighted by Crippen LogP contribution is 2.36. The Balaban J connectivity index is 2.66. The summed E-state index contributed by atoms with van der Waals surface area (Å²) >= 11 is 7.25. The summed E-state index contributed by atoms with van der Waals surface area (Å²) in [5.41, 5.74) is 0. The number of thiophene rings is 1. The molecule has 0 aliphatic heterocycles. The Morgan fingerprint density at radius 1 is 1.43 bits per heavy atom.